The molecule has 8 heteroatoms. The minimum atomic E-state index is -0.459. The molecule has 1 aromatic heterocycles. The van der Waals surface area contributed by atoms with Gasteiger partial charge in [-0.3, -0.25) is 9.78 Å². The summed E-state index contributed by atoms with van der Waals surface area (Å²) in [6.07, 6.45) is 3.91. The summed E-state index contributed by atoms with van der Waals surface area (Å²) in [5.41, 5.74) is 0.720. The molecule has 0 spiro atoms. The standard InChI is InChI=1S/C19H32N2O2.C5H10O3.CH4O/c1-18(2,11-14-23-6)15-19(3,4)17(22)21(5)13-10-16-9-7-8-12-20-16;6-4-1-5(7)3-8-2-4;1-2/h7-9,12H,10-11,13-15H2,1-6H3;4-7H,1-3H2;2H,1H3. The van der Waals surface area contributed by atoms with Crippen LogP contribution in [0, 0.1) is 10.8 Å². The van der Waals surface area contributed by atoms with E-state index in [0.717, 1.165) is 38.7 Å². The van der Waals surface area contributed by atoms with Crippen LogP contribution < -0.4 is 0 Å². The minimum absolute atomic E-state index is 0.0804. The van der Waals surface area contributed by atoms with Gasteiger partial charge in [-0.05, 0) is 30.4 Å². The van der Waals surface area contributed by atoms with Crippen LogP contribution in [0.15, 0.2) is 24.4 Å². The van der Waals surface area contributed by atoms with E-state index in [1.807, 2.05) is 44.0 Å². The van der Waals surface area contributed by atoms with Crippen molar-refractivity contribution in [2.45, 2.75) is 65.6 Å². The summed E-state index contributed by atoms with van der Waals surface area (Å²) >= 11 is 0. The second kappa shape index (κ2) is 16.1. The summed E-state index contributed by atoms with van der Waals surface area (Å²) in [7, 11) is 4.60. The average Bonchev–Trinajstić information content (AvgIpc) is 2.77. The SMILES string of the molecule is CO.COCCC(C)(C)CC(C)(C)C(=O)N(C)CCc1ccccn1.OC1COCC(O)C1. The Morgan fingerprint density at radius 3 is 2.24 bits per heavy atom. The van der Waals surface area contributed by atoms with Crippen molar-refractivity contribution in [2.24, 2.45) is 10.8 Å². The smallest absolute Gasteiger partial charge is 0.227 e. The quantitative estimate of drug-likeness (QED) is 0.508. The monoisotopic (exact) mass is 470 g/mol. The minimum Gasteiger partial charge on any atom is -0.400 e. The molecule has 0 aromatic carbocycles. The summed E-state index contributed by atoms with van der Waals surface area (Å²) < 4.78 is 9.98. The molecule has 0 saturated carbocycles. The molecule has 2 rings (SSSR count). The molecule has 192 valence electrons. The van der Waals surface area contributed by atoms with Crippen LogP contribution in [-0.4, -0.2) is 91.0 Å². The van der Waals surface area contributed by atoms with Gasteiger partial charge in [-0.1, -0.05) is 33.8 Å². The number of aliphatic hydroxyl groups is 3. The fraction of sp³-hybridized carbons (Fsp3) is 0.760. The molecule has 1 fully saturated rings. The van der Waals surface area contributed by atoms with Crippen LogP contribution in [0.2, 0.25) is 0 Å². The van der Waals surface area contributed by atoms with E-state index in [1.165, 1.54) is 0 Å². The molecule has 0 aliphatic carbocycles. The highest BCUT2D eigenvalue weighted by Crippen LogP contribution is 2.37. The number of carbonyl (C=O) groups excluding carboxylic acids is 1. The summed E-state index contributed by atoms with van der Waals surface area (Å²) in [5, 5.41) is 24.6. The molecule has 2 heterocycles. The number of carbonyl (C=O) groups is 1. The zero-order chi connectivity index (χ0) is 25.5. The summed E-state index contributed by atoms with van der Waals surface area (Å²) in [6, 6.07) is 5.88. The van der Waals surface area contributed by atoms with Crippen molar-refractivity contribution in [3.05, 3.63) is 30.1 Å². The fourth-order valence-electron chi connectivity index (χ4n) is 3.98. The number of likely N-dealkylation sites (N-methyl/N-ethyl adjacent to an activating group) is 1. The lowest BCUT2D eigenvalue weighted by Gasteiger charge is -2.36. The van der Waals surface area contributed by atoms with Gasteiger partial charge in [0.15, 0.2) is 0 Å². The summed E-state index contributed by atoms with van der Waals surface area (Å²) in [6.45, 7) is 10.7. The van der Waals surface area contributed by atoms with Gasteiger partial charge in [0.25, 0.3) is 0 Å². The van der Waals surface area contributed by atoms with E-state index in [9.17, 15) is 4.79 Å². The van der Waals surface area contributed by atoms with E-state index in [0.29, 0.717) is 26.2 Å². The number of pyridine rings is 1. The number of ether oxygens (including phenoxy) is 2. The fourth-order valence-corrected chi connectivity index (χ4v) is 3.98. The van der Waals surface area contributed by atoms with Crippen LogP contribution >= 0.6 is 0 Å². The van der Waals surface area contributed by atoms with Gasteiger partial charge in [-0.25, -0.2) is 0 Å². The van der Waals surface area contributed by atoms with E-state index in [2.05, 4.69) is 18.8 Å². The first-order valence-electron chi connectivity index (χ1n) is 11.5. The van der Waals surface area contributed by atoms with Crippen molar-refractivity contribution in [1.29, 1.82) is 0 Å². The van der Waals surface area contributed by atoms with Gasteiger partial charge in [0, 0.05) is 64.6 Å². The van der Waals surface area contributed by atoms with Gasteiger partial charge in [0.1, 0.15) is 0 Å². The van der Waals surface area contributed by atoms with E-state index in [4.69, 9.17) is 24.8 Å². The first kappa shape index (κ1) is 31.4. The Morgan fingerprint density at radius 1 is 1.18 bits per heavy atom. The molecular weight excluding hydrogens is 424 g/mol. The van der Waals surface area contributed by atoms with E-state index in [1.54, 1.807) is 13.3 Å². The molecule has 1 aromatic rings. The molecule has 3 N–H and O–H groups in total. The molecule has 33 heavy (non-hydrogen) atoms. The van der Waals surface area contributed by atoms with Crippen LogP contribution in [0.4, 0.5) is 0 Å². The third-order valence-electron chi connectivity index (χ3n) is 5.42. The Labute approximate surface area is 199 Å². The van der Waals surface area contributed by atoms with Gasteiger partial charge in [-0.2, -0.15) is 0 Å². The average molecular weight is 471 g/mol. The van der Waals surface area contributed by atoms with Crippen LogP contribution in [-0.2, 0) is 20.7 Å². The summed E-state index contributed by atoms with van der Waals surface area (Å²) in [4.78, 5) is 19.0. The van der Waals surface area contributed by atoms with Gasteiger partial charge < -0.3 is 29.7 Å². The Kier molecular flexibility index (Phi) is 15.3. The highest BCUT2D eigenvalue weighted by molar-refractivity contribution is 5.81. The first-order valence-corrected chi connectivity index (χ1v) is 11.5. The predicted molar refractivity (Wildman–Crippen MR) is 130 cm³/mol. The molecule has 1 amide bonds. The van der Waals surface area contributed by atoms with Gasteiger partial charge in [0.2, 0.25) is 5.91 Å². The number of aromatic nitrogens is 1. The van der Waals surface area contributed by atoms with Crippen molar-refractivity contribution in [2.75, 3.05) is 47.6 Å². The second-order valence-electron chi connectivity index (χ2n) is 9.85. The maximum atomic E-state index is 12.8. The van der Waals surface area contributed by atoms with E-state index >= 15 is 0 Å². The molecule has 1 aliphatic rings. The van der Waals surface area contributed by atoms with E-state index < -0.39 is 12.2 Å². The number of methoxy groups -OCH3 is 1. The third kappa shape index (κ3) is 13.7. The Hall–Kier alpha value is -1.58. The van der Waals surface area contributed by atoms with Crippen LogP contribution in [0.25, 0.3) is 0 Å². The molecule has 8 nitrogen and oxygen atoms in total. The van der Waals surface area contributed by atoms with Crippen LogP contribution in [0.1, 0.15) is 52.7 Å². The Balaban J connectivity index is 0.000000849. The molecule has 2 unspecified atom stereocenters. The normalized spacial score (nSPS) is 18.4. The van der Waals surface area contributed by atoms with Crippen LogP contribution in [0.3, 0.4) is 0 Å². The molecule has 0 bridgehead atoms. The topological polar surface area (TPSA) is 112 Å². The van der Waals surface area contributed by atoms with Gasteiger partial charge in [-0.15, -0.1) is 0 Å². The van der Waals surface area contributed by atoms with Crippen molar-refractivity contribution < 1.29 is 29.6 Å². The number of hydrogen-bond donors (Lipinski definition) is 3. The van der Waals surface area contributed by atoms with E-state index in [-0.39, 0.29) is 16.7 Å². The van der Waals surface area contributed by atoms with Crippen LogP contribution in [0.5, 0.6) is 0 Å². The Morgan fingerprint density at radius 2 is 1.79 bits per heavy atom. The van der Waals surface area contributed by atoms with Crippen molar-refractivity contribution >= 4 is 5.91 Å². The lowest BCUT2D eigenvalue weighted by molar-refractivity contribution is -0.140. The third-order valence-corrected chi connectivity index (χ3v) is 5.42. The molecule has 2 atom stereocenters. The maximum absolute atomic E-state index is 12.8. The highest BCUT2D eigenvalue weighted by atomic mass is 16.5. The molecule has 1 saturated heterocycles. The van der Waals surface area contributed by atoms with Crippen molar-refractivity contribution in [3.8, 4) is 0 Å². The lowest BCUT2D eigenvalue weighted by atomic mass is 9.73. The zero-order valence-corrected chi connectivity index (χ0v) is 21.6. The summed E-state index contributed by atoms with van der Waals surface area (Å²) in [5.74, 6) is 0.193. The van der Waals surface area contributed by atoms with Crippen molar-refractivity contribution in [3.63, 3.8) is 0 Å². The van der Waals surface area contributed by atoms with Gasteiger partial charge >= 0.3 is 0 Å². The van der Waals surface area contributed by atoms with Crippen molar-refractivity contribution in [1.82, 2.24) is 9.88 Å². The second-order valence-corrected chi connectivity index (χ2v) is 9.85. The molecule has 0 radical (unpaired) electrons. The first-order chi connectivity index (χ1) is 15.5. The van der Waals surface area contributed by atoms with Gasteiger partial charge in [0.05, 0.1) is 25.4 Å². The maximum Gasteiger partial charge on any atom is 0.227 e. The largest absolute Gasteiger partial charge is 0.400 e. The number of amides is 1. The number of rotatable bonds is 9. The highest BCUT2D eigenvalue weighted by Gasteiger charge is 2.36. The lowest BCUT2D eigenvalue weighted by Crippen LogP contribution is -2.42. The number of nitrogens with zero attached hydrogens (tertiary/aromatic N) is 2. The number of hydrogen-bond acceptors (Lipinski definition) is 7. The predicted octanol–water partition coefficient (Wildman–Crippen LogP) is 2.30. The number of aliphatic hydroxyl groups excluding tert-OH is 3. The Bertz CT molecular complexity index is 631. The molecule has 1 aliphatic heterocycles. The molecular formula is C25H46N2O6. The zero-order valence-electron chi connectivity index (χ0n) is 21.6.